The van der Waals surface area contributed by atoms with Crippen molar-refractivity contribution in [3.63, 3.8) is 0 Å². The van der Waals surface area contributed by atoms with Gasteiger partial charge in [0.15, 0.2) is 0 Å². The molecule has 2 aromatic heterocycles. The number of fused-ring (bicyclic) bond motifs is 1. The van der Waals surface area contributed by atoms with Crippen molar-refractivity contribution < 1.29 is 19.1 Å². The van der Waals surface area contributed by atoms with Gasteiger partial charge >= 0.3 is 11.8 Å². The van der Waals surface area contributed by atoms with Gasteiger partial charge in [0.05, 0.1) is 22.8 Å². The molecule has 1 aliphatic heterocycles. The third-order valence-electron chi connectivity index (χ3n) is 9.93. The monoisotopic (exact) mass is 710 g/mol. The van der Waals surface area contributed by atoms with Crippen LogP contribution >= 0.6 is 0 Å². The number of amides is 3. The quantitative estimate of drug-likeness (QED) is 0.196. The van der Waals surface area contributed by atoms with E-state index < -0.39 is 29.6 Å². The standard InChI is InChI=1S/C39H50N8O5/c1-39(2,3)52-38(51)42-24-25-8-10-27(11-9-25)35(48)47(30-12-13-32-33(23-30)44-37(50)43-32)36(49)31(40)21-26-6-5-7-28(20-26)29-14-15-41-34(22-29)46-18-16-45(4)17-19-46/h5-7,12-15,20,22-23,25,27,31H,8-11,16-19,21,24,40H2,1-4H3,(H,42,51)(H2,43,44,50)/t25-,27-,31-/m0/s1. The van der Waals surface area contributed by atoms with Crippen LogP contribution in [0.5, 0.6) is 0 Å². The SMILES string of the molecule is CN1CCN(c2cc(-c3cccc(C[C@H](N)C(=O)N(c4ccc5[nH]c(=O)[nH]c5c4)C(=O)[C@H]4CC[C@H](CNC(=O)OC(C)(C)C)CC4)c3)ccn2)CC1. The highest BCUT2D eigenvalue weighted by molar-refractivity contribution is 6.17. The first-order chi connectivity index (χ1) is 24.8. The van der Waals surface area contributed by atoms with Crippen molar-refractivity contribution in [2.45, 2.75) is 64.5 Å². The zero-order valence-corrected chi connectivity index (χ0v) is 30.5. The molecule has 4 aromatic rings. The minimum absolute atomic E-state index is 0.189. The van der Waals surface area contributed by atoms with Crippen LogP contribution in [0.25, 0.3) is 22.2 Å². The zero-order chi connectivity index (χ0) is 37.0. The lowest BCUT2D eigenvalue weighted by Gasteiger charge is -2.33. The molecule has 2 aromatic carbocycles. The fraction of sp³-hybridized carbons (Fsp3) is 0.462. The summed E-state index contributed by atoms with van der Waals surface area (Å²) in [7, 11) is 2.13. The summed E-state index contributed by atoms with van der Waals surface area (Å²) < 4.78 is 5.36. The molecule has 1 atom stereocenters. The summed E-state index contributed by atoms with van der Waals surface area (Å²) in [5, 5.41) is 2.84. The molecule has 1 aliphatic carbocycles. The molecule has 3 heterocycles. The fourth-order valence-corrected chi connectivity index (χ4v) is 7.05. The number of carbonyl (C=O) groups excluding carboxylic acids is 3. The van der Waals surface area contributed by atoms with Crippen LogP contribution in [-0.2, 0) is 20.7 Å². The van der Waals surface area contributed by atoms with Crippen LogP contribution in [0.4, 0.5) is 16.3 Å². The van der Waals surface area contributed by atoms with Gasteiger partial charge in [-0.2, -0.15) is 0 Å². The van der Waals surface area contributed by atoms with Crippen LogP contribution in [0.1, 0.15) is 52.0 Å². The van der Waals surface area contributed by atoms with Gasteiger partial charge in [-0.15, -0.1) is 0 Å². The number of nitrogens with one attached hydrogen (secondary N) is 3. The molecule has 0 radical (unpaired) electrons. The molecule has 1 saturated heterocycles. The largest absolute Gasteiger partial charge is 0.444 e. The van der Waals surface area contributed by atoms with Crippen LogP contribution in [0, 0.1) is 11.8 Å². The van der Waals surface area contributed by atoms with E-state index in [0.717, 1.165) is 48.7 Å². The molecule has 2 fully saturated rings. The number of imidazole rings is 1. The van der Waals surface area contributed by atoms with Crippen LogP contribution in [-0.4, -0.2) is 89.2 Å². The Hall–Kier alpha value is -5.01. The number of piperazine rings is 1. The number of pyridine rings is 1. The first kappa shape index (κ1) is 36.8. The number of hydrogen-bond donors (Lipinski definition) is 4. The van der Waals surface area contributed by atoms with Crippen molar-refractivity contribution in [3.05, 3.63) is 76.8 Å². The average Bonchev–Trinajstić information content (AvgIpc) is 3.50. The van der Waals surface area contributed by atoms with Crippen molar-refractivity contribution in [2.75, 3.05) is 49.6 Å². The molecule has 0 bridgehead atoms. The molecule has 3 amide bonds. The van der Waals surface area contributed by atoms with E-state index >= 15 is 0 Å². The Morgan fingerprint density at radius 2 is 1.67 bits per heavy atom. The fourth-order valence-electron chi connectivity index (χ4n) is 7.05. The number of nitrogens with zero attached hydrogens (tertiary/aromatic N) is 4. The smallest absolute Gasteiger partial charge is 0.407 e. The number of imide groups is 1. The molecule has 13 nitrogen and oxygen atoms in total. The van der Waals surface area contributed by atoms with Gasteiger partial charge in [-0.1, -0.05) is 24.3 Å². The molecule has 276 valence electrons. The summed E-state index contributed by atoms with van der Waals surface area (Å²) in [6.07, 6.45) is 4.13. The van der Waals surface area contributed by atoms with Crippen molar-refractivity contribution in [3.8, 4) is 11.1 Å². The number of carbonyl (C=O) groups is 3. The summed E-state index contributed by atoms with van der Waals surface area (Å²) in [6, 6.07) is 16.0. The van der Waals surface area contributed by atoms with E-state index in [2.05, 4.69) is 43.2 Å². The molecular weight excluding hydrogens is 660 g/mol. The molecule has 6 rings (SSSR count). The van der Waals surface area contributed by atoms with Gasteiger partial charge in [-0.05, 0) is 113 Å². The maximum atomic E-state index is 14.3. The number of hydrogen-bond acceptors (Lipinski definition) is 9. The molecular formula is C39H50N8O5. The predicted molar refractivity (Wildman–Crippen MR) is 202 cm³/mol. The van der Waals surface area contributed by atoms with Crippen molar-refractivity contribution in [1.29, 1.82) is 0 Å². The number of likely N-dealkylation sites (N-methyl/N-ethyl adjacent to an activating group) is 1. The van der Waals surface area contributed by atoms with Crippen LogP contribution < -0.4 is 26.5 Å². The molecule has 52 heavy (non-hydrogen) atoms. The minimum Gasteiger partial charge on any atom is -0.444 e. The molecule has 5 N–H and O–H groups in total. The third kappa shape index (κ3) is 9.07. The molecule has 1 saturated carbocycles. The number of aromatic nitrogens is 3. The number of ether oxygens (including phenoxy) is 1. The molecule has 0 unspecified atom stereocenters. The Morgan fingerprint density at radius 3 is 2.40 bits per heavy atom. The molecule has 2 aliphatic rings. The van der Waals surface area contributed by atoms with Gasteiger partial charge in [-0.25, -0.2) is 19.5 Å². The third-order valence-corrected chi connectivity index (χ3v) is 9.93. The van der Waals surface area contributed by atoms with Crippen LogP contribution in [0.2, 0.25) is 0 Å². The highest BCUT2D eigenvalue weighted by atomic mass is 16.6. The summed E-state index contributed by atoms with van der Waals surface area (Å²) in [6.45, 7) is 9.71. The van der Waals surface area contributed by atoms with Crippen molar-refractivity contribution in [2.24, 2.45) is 17.6 Å². The number of H-pyrrole nitrogens is 2. The maximum Gasteiger partial charge on any atom is 0.407 e. The Balaban J connectivity index is 1.17. The van der Waals surface area contributed by atoms with E-state index in [1.807, 2.05) is 57.3 Å². The summed E-state index contributed by atoms with van der Waals surface area (Å²) >= 11 is 0. The second kappa shape index (κ2) is 15.7. The van der Waals surface area contributed by atoms with Gasteiger partial charge in [0.1, 0.15) is 11.4 Å². The maximum absolute atomic E-state index is 14.3. The number of nitrogens with two attached hydrogens (primary N) is 1. The second-order valence-electron chi connectivity index (χ2n) is 15.1. The van der Waals surface area contributed by atoms with Gasteiger partial charge < -0.3 is 35.6 Å². The van der Waals surface area contributed by atoms with E-state index in [0.29, 0.717) is 48.9 Å². The number of alkyl carbamates (subject to hydrolysis) is 1. The summed E-state index contributed by atoms with van der Waals surface area (Å²) in [4.78, 5) is 68.6. The Morgan fingerprint density at radius 1 is 0.962 bits per heavy atom. The lowest BCUT2D eigenvalue weighted by molar-refractivity contribution is -0.130. The van der Waals surface area contributed by atoms with Crippen LogP contribution in [0.3, 0.4) is 0 Å². The second-order valence-corrected chi connectivity index (χ2v) is 15.1. The van der Waals surface area contributed by atoms with E-state index in [4.69, 9.17) is 10.5 Å². The first-order valence-electron chi connectivity index (χ1n) is 18.1. The van der Waals surface area contributed by atoms with Gasteiger partial charge in [-0.3, -0.25) is 9.59 Å². The topological polar surface area (TPSA) is 170 Å². The summed E-state index contributed by atoms with van der Waals surface area (Å²) in [5.74, 6) is -0.110. The first-order valence-corrected chi connectivity index (χ1v) is 18.1. The van der Waals surface area contributed by atoms with E-state index in [-0.39, 0.29) is 23.9 Å². The normalized spacial score (nSPS) is 18.9. The van der Waals surface area contributed by atoms with Crippen molar-refractivity contribution >= 4 is 40.4 Å². The number of anilines is 2. The number of rotatable bonds is 9. The average molecular weight is 711 g/mol. The highest BCUT2D eigenvalue weighted by Gasteiger charge is 2.36. The van der Waals surface area contributed by atoms with E-state index in [1.54, 1.807) is 18.2 Å². The lowest BCUT2D eigenvalue weighted by Crippen LogP contribution is -2.50. The van der Waals surface area contributed by atoms with Gasteiger partial charge in [0.2, 0.25) is 5.91 Å². The predicted octanol–water partition coefficient (Wildman–Crippen LogP) is 4.43. The lowest BCUT2D eigenvalue weighted by atomic mass is 9.81. The van der Waals surface area contributed by atoms with Gasteiger partial charge in [0.25, 0.3) is 5.91 Å². The minimum atomic E-state index is -1.01. The Kier molecular flexibility index (Phi) is 11.1. The zero-order valence-electron chi connectivity index (χ0n) is 30.5. The number of benzene rings is 2. The molecule has 13 heteroatoms. The van der Waals surface area contributed by atoms with Crippen molar-refractivity contribution in [1.82, 2.24) is 25.2 Å². The van der Waals surface area contributed by atoms with E-state index in [9.17, 15) is 19.2 Å². The number of aromatic amines is 2. The molecule has 0 spiro atoms. The Labute approximate surface area is 303 Å². The Bertz CT molecular complexity index is 1950. The highest BCUT2D eigenvalue weighted by Crippen LogP contribution is 2.32. The summed E-state index contributed by atoms with van der Waals surface area (Å²) in [5.41, 5.74) is 9.97. The van der Waals surface area contributed by atoms with Crippen LogP contribution in [0.15, 0.2) is 65.6 Å². The van der Waals surface area contributed by atoms with E-state index in [1.165, 1.54) is 4.90 Å². The van der Waals surface area contributed by atoms with Gasteiger partial charge in [0, 0.05) is 44.8 Å².